The number of nitrogens with zero attached hydrogens (tertiary/aromatic N) is 2. The Kier molecular flexibility index (Phi) is 6.22. The van der Waals surface area contributed by atoms with Crippen LogP contribution in [0, 0.1) is 0 Å². The molecule has 1 heterocycles. The maximum absolute atomic E-state index is 11.4. The standard InChI is InChI=1S/C15H20ClN5O2/c1-17-14(18-6-5-11-3-2-4-12(16)9-11)19-7-8-21-13(22)10-20-15(21)23/h2-4,9H,5-8,10H2,1H3,(H,20,23)(H2,17,18,19). The van der Waals surface area contributed by atoms with Crippen LogP contribution < -0.4 is 16.0 Å². The molecule has 1 fully saturated rings. The summed E-state index contributed by atoms with van der Waals surface area (Å²) in [4.78, 5) is 28.1. The lowest BCUT2D eigenvalue weighted by Crippen LogP contribution is -2.43. The molecule has 0 radical (unpaired) electrons. The lowest BCUT2D eigenvalue weighted by atomic mass is 10.1. The summed E-state index contributed by atoms with van der Waals surface area (Å²) < 4.78 is 0. The predicted molar refractivity (Wildman–Crippen MR) is 89.6 cm³/mol. The Bertz CT molecular complexity index is 589. The number of carbonyl (C=O) groups excluding carboxylic acids is 2. The molecule has 7 nitrogen and oxygen atoms in total. The average Bonchev–Trinajstić information content (AvgIpc) is 2.85. The number of halogens is 1. The third-order valence-electron chi connectivity index (χ3n) is 3.38. The fourth-order valence-corrected chi connectivity index (χ4v) is 2.42. The van der Waals surface area contributed by atoms with E-state index in [1.165, 1.54) is 4.90 Å². The molecule has 0 aromatic heterocycles. The largest absolute Gasteiger partial charge is 0.356 e. The highest BCUT2D eigenvalue weighted by Gasteiger charge is 2.27. The summed E-state index contributed by atoms with van der Waals surface area (Å²) in [6.07, 6.45) is 0.814. The number of hydrogen-bond acceptors (Lipinski definition) is 3. The molecule has 8 heteroatoms. The first-order valence-corrected chi connectivity index (χ1v) is 7.75. The van der Waals surface area contributed by atoms with Gasteiger partial charge in [0.25, 0.3) is 0 Å². The number of carbonyl (C=O) groups is 2. The molecule has 1 aromatic rings. The molecule has 1 aliphatic heterocycles. The van der Waals surface area contributed by atoms with Gasteiger partial charge in [-0.1, -0.05) is 23.7 Å². The van der Waals surface area contributed by atoms with Gasteiger partial charge >= 0.3 is 6.03 Å². The molecule has 1 aliphatic rings. The second-order valence-electron chi connectivity index (χ2n) is 5.01. The molecule has 0 aliphatic carbocycles. The number of aliphatic imine (C=N–C) groups is 1. The van der Waals surface area contributed by atoms with E-state index in [-0.39, 0.29) is 18.5 Å². The van der Waals surface area contributed by atoms with Crippen molar-refractivity contribution in [2.45, 2.75) is 6.42 Å². The van der Waals surface area contributed by atoms with Crippen molar-refractivity contribution in [2.75, 3.05) is 33.2 Å². The third kappa shape index (κ3) is 5.14. The summed E-state index contributed by atoms with van der Waals surface area (Å²) in [6.45, 7) is 1.52. The molecule has 0 spiro atoms. The summed E-state index contributed by atoms with van der Waals surface area (Å²) in [5.74, 6) is 0.416. The smallest absolute Gasteiger partial charge is 0.324 e. The minimum Gasteiger partial charge on any atom is -0.356 e. The van der Waals surface area contributed by atoms with Crippen LogP contribution in [0.3, 0.4) is 0 Å². The second kappa shape index (κ2) is 8.38. The van der Waals surface area contributed by atoms with Crippen LogP contribution in [0.1, 0.15) is 5.56 Å². The summed E-state index contributed by atoms with van der Waals surface area (Å²) in [7, 11) is 1.67. The Hall–Kier alpha value is -2.28. The first kappa shape index (κ1) is 17.1. The van der Waals surface area contributed by atoms with Crippen LogP contribution in [0.15, 0.2) is 29.3 Å². The maximum atomic E-state index is 11.4. The molecule has 0 bridgehead atoms. The molecule has 124 valence electrons. The Labute approximate surface area is 140 Å². The zero-order valence-electron chi connectivity index (χ0n) is 12.9. The van der Waals surface area contributed by atoms with Crippen molar-refractivity contribution < 1.29 is 9.59 Å². The molecule has 23 heavy (non-hydrogen) atoms. The highest BCUT2D eigenvalue weighted by Crippen LogP contribution is 2.10. The van der Waals surface area contributed by atoms with Gasteiger partial charge in [-0.05, 0) is 24.1 Å². The Balaban J connectivity index is 1.69. The van der Waals surface area contributed by atoms with E-state index in [4.69, 9.17) is 11.6 Å². The molecular weight excluding hydrogens is 318 g/mol. The SMILES string of the molecule is CN=C(NCCc1cccc(Cl)c1)NCCN1C(=O)CNC1=O. The van der Waals surface area contributed by atoms with E-state index in [0.717, 1.165) is 17.0 Å². The molecule has 3 amide bonds. The zero-order valence-corrected chi connectivity index (χ0v) is 13.7. The number of rotatable bonds is 6. The first-order chi connectivity index (χ1) is 11.1. The van der Waals surface area contributed by atoms with Gasteiger partial charge in [0, 0.05) is 31.7 Å². The van der Waals surface area contributed by atoms with Crippen molar-refractivity contribution in [3.63, 3.8) is 0 Å². The quantitative estimate of drug-likeness (QED) is 0.403. The lowest BCUT2D eigenvalue weighted by molar-refractivity contribution is -0.124. The summed E-state index contributed by atoms with van der Waals surface area (Å²) in [6, 6.07) is 7.36. The number of amides is 3. The van der Waals surface area contributed by atoms with Gasteiger partial charge in [-0.2, -0.15) is 0 Å². The van der Waals surface area contributed by atoms with Crippen LogP contribution in [-0.2, 0) is 11.2 Å². The Morgan fingerprint density at radius 2 is 2.13 bits per heavy atom. The average molecular weight is 338 g/mol. The molecule has 2 rings (SSSR count). The van der Waals surface area contributed by atoms with Gasteiger partial charge in [-0.15, -0.1) is 0 Å². The summed E-state index contributed by atoms with van der Waals surface area (Å²) in [5.41, 5.74) is 1.14. The number of nitrogens with one attached hydrogen (secondary N) is 3. The Morgan fingerprint density at radius 1 is 1.35 bits per heavy atom. The fourth-order valence-electron chi connectivity index (χ4n) is 2.21. The van der Waals surface area contributed by atoms with Gasteiger partial charge in [0.15, 0.2) is 5.96 Å². The molecule has 0 unspecified atom stereocenters. The van der Waals surface area contributed by atoms with Crippen LogP contribution in [0.25, 0.3) is 0 Å². The fraction of sp³-hybridized carbons (Fsp3) is 0.400. The predicted octanol–water partition coefficient (Wildman–Crippen LogP) is 0.599. The van der Waals surface area contributed by atoms with E-state index in [9.17, 15) is 9.59 Å². The van der Waals surface area contributed by atoms with Crippen LogP contribution >= 0.6 is 11.6 Å². The number of imide groups is 1. The van der Waals surface area contributed by atoms with Crippen LogP contribution in [0.5, 0.6) is 0 Å². The monoisotopic (exact) mass is 337 g/mol. The maximum Gasteiger partial charge on any atom is 0.324 e. The molecule has 0 atom stereocenters. The molecule has 0 saturated carbocycles. The van der Waals surface area contributed by atoms with Crippen molar-refractivity contribution in [1.29, 1.82) is 0 Å². The van der Waals surface area contributed by atoms with E-state index in [0.29, 0.717) is 25.6 Å². The van der Waals surface area contributed by atoms with Crippen molar-refractivity contribution in [3.8, 4) is 0 Å². The lowest BCUT2D eigenvalue weighted by Gasteiger charge is -2.15. The van der Waals surface area contributed by atoms with Gasteiger partial charge in [0.2, 0.25) is 5.91 Å². The molecular formula is C15H20ClN5O2. The summed E-state index contributed by atoms with van der Waals surface area (Å²) in [5, 5.41) is 9.45. The normalized spacial score (nSPS) is 14.9. The van der Waals surface area contributed by atoms with E-state index in [1.807, 2.05) is 24.3 Å². The van der Waals surface area contributed by atoms with Crippen LogP contribution in [0.4, 0.5) is 4.79 Å². The van der Waals surface area contributed by atoms with Crippen molar-refractivity contribution in [1.82, 2.24) is 20.9 Å². The molecule has 3 N–H and O–H groups in total. The van der Waals surface area contributed by atoms with Gasteiger partial charge in [0.05, 0.1) is 6.54 Å². The van der Waals surface area contributed by atoms with Crippen molar-refractivity contribution >= 4 is 29.5 Å². The van der Waals surface area contributed by atoms with Gasteiger partial charge in [0.1, 0.15) is 0 Å². The molecule has 1 aromatic carbocycles. The van der Waals surface area contributed by atoms with E-state index >= 15 is 0 Å². The van der Waals surface area contributed by atoms with E-state index in [2.05, 4.69) is 20.9 Å². The van der Waals surface area contributed by atoms with Gasteiger partial charge < -0.3 is 16.0 Å². The molecule has 1 saturated heterocycles. The highest BCUT2D eigenvalue weighted by atomic mass is 35.5. The van der Waals surface area contributed by atoms with Crippen LogP contribution in [-0.4, -0.2) is 56.0 Å². The third-order valence-corrected chi connectivity index (χ3v) is 3.62. The van der Waals surface area contributed by atoms with Crippen molar-refractivity contribution in [3.05, 3.63) is 34.9 Å². The second-order valence-corrected chi connectivity index (χ2v) is 5.45. The summed E-state index contributed by atoms with van der Waals surface area (Å²) >= 11 is 5.95. The topological polar surface area (TPSA) is 85.8 Å². The number of hydrogen-bond donors (Lipinski definition) is 3. The van der Waals surface area contributed by atoms with Crippen molar-refractivity contribution in [2.24, 2.45) is 4.99 Å². The van der Waals surface area contributed by atoms with E-state index in [1.54, 1.807) is 7.05 Å². The van der Waals surface area contributed by atoms with Gasteiger partial charge in [-0.3, -0.25) is 14.7 Å². The van der Waals surface area contributed by atoms with Gasteiger partial charge in [-0.25, -0.2) is 4.79 Å². The number of benzene rings is 1. The minimum absolute atomic E-state index is 0.0748. The Morgan fingerprint density at radius 3 is 2.78 bits per heavy atom. The first-order valence-electron chi connectivity index (χ1n) is 7.37. The van der Waals surface area contributed by atoms with E-state index < -0.39 is 0 Å². The number of urea groups is 1. The zero-order chi connectivity index (χ0) is 16.7. The number of guanidine groups is 1. The van der Waals surface area contributed by atoms with Crippen LogP contribution in [0.2, 0.25) is 5.02 Å². The highest BCUT2D eigenvalue weighted by molar-refractivity contribution is 6.30. The minimum atomic E-state index is -0.347.